The van der Waals surface area contributed by atoms with Crippen LogP contribution in [0.5, 0.6) is 17.2 Å². The van der Waals surface area contributed by atoms with Crippen molar-refractivity contribution >= 4 is 11.6 Å². The topological polar surface area (TPSA) is 111 Å². The van der Waals surface area contributed by atoms with E-state index in [4.69, 9.17) is 4.74 Å². The van der Waals surface area contributed by atoms with Crippen LogP contribution in [-0.2, 0) is 4.79 Å². The van der Waals surface area contributed by atoms with Crippen LogP contribution in [0, 0.1) is 0 Å². The monoisotopic (exact) mass is 346 g/mol. The molecule has 0 aliphatic heterocycles. The molecule has 0 bridgehead atoms. The lowest BCUT2D eigenvalue weighted by atomic mass is 10.1. The third-order valence-electron chi connectivity index (χ3n) is 3.44. The molecular weight excluding hydrogens is 324 g/mol. The fourth-order valence-corrected chi connectivity index (χ4v) is 2.18. The van der Waals surface area contributed by atoms with Gasteiger partial charge < -0.3 is 30.7 Å². The van der Waals surface area contributed by atoms with Gasteiger partial charge in [-0.25, -0.2) is 0 Å². The molecule has 2 aromatic rings. The minimum atomic E-state index is -0.802. The first-order valence-electron chi connectivity index (χ1n) is 7.87. The summed E-state index contributed by atoms with van der Waals surface area (Å²) < 4.78 is 5.56. The van der Waals surface area contributed by atoms with Crippen LogP contribution in [0.3, 0.4) is 0 Å². The molecule has 1 amide bonds. The van der Waals surface area contributed by atoms with Crippen LogP contribution >= 0.6 is 0 Å². The fraction of sp³-hybridized carbons (Fsp3) is 0.278. The van der Waals surface area contributed by atoms with E-state index < -0.39 is 6.10 Å². The normalized spacial score (nSPS) is 11.8. The Kier molecular flexibility index (Phi) is 6.62. The molecule has 134 valence electrons. The molecule has 1 unspecified atom stereocenters. The van der Waals surface area contributed by atoms with E-state index >= 15 is 0 Å². The minimum absolute atomic E-state index is 0.127. The Balaban J connectivity index is 1.68. The van der Waals surface area contributed by atoms with Gasteiger partial charge in [0, 0.05) is 25.7 Å². The van der Waals surface area contributed by atoms with Crippen LogP contribution < -0.4 is 15.4 Å². The van der Waals surface area contributed by atoms with Crippen molar-refractivity contribution in [3.05, 3.63) is 48.0 Å². The summed E-state index contributed by atoms with van der Waals surface area (Å²) in [6.45, 7) is 2.67. The Morgan fingerprint density at radius 3 is 2.48 bits per heavy atom. The molecule has 0 aliphatic rings. The fourth-order valence-electron chi connectivity index (χ4n) is 2.18. The number of benzene rings is 2. The van der Waals surface area contributed by atoms with Gasteiger partial charge >= 0.3 is 0 Å². The summed E-state index contributed by atoms with van der Waals surface area (Å²) in [5.41, 5.74) is 1.22. The zero-order valence-electron chi connectivity index (χ0n) is 13.9. The van der Waals surface area contributed by atoms with Crippen LogP contribution in [-0.4, -0.2) is 40.9 Å². The SMILES string of the molecule is CC(=O)Nc1ccc(OCCNCC(O)c2ccc(O)c(O)c2)cc1. The van der Waals surface area contributed by atoms with Gasteiger partial charge in [0.25, 0.3) is 0 Å². The van der Waals surface area contributed by atoms with Crippen LogP contribution in [0.2, 0.25) is 0 Å². The molecule has 5 N–H and O–H groups in total. The standard InChI is InChI=1S/C18H22N2O5/c1-12(21)20-14-3-5-15(6-4-14)25-9-8-19-11-18(24)13-2-7-16(22)17(23)10-13/h2-7,10,18-19,22-24H,8-9,11H2,1H3,(H,20,21). The molecule has 0 radical (unpaired) electrons. The van der Waals surface area contributed by atoms with Crippen molar-refractivity contribution in [3.63, 3.8) is 0 Å². The number of phenolic OH excluding ortho intramolecular Hbond substituents is 2. The van der Waals surface area contributed by atoms with Gasteiger partial charge in [-0.2, -0.15) is 0 Å². The molecule has 0 spiro atoms. The highest BCUT2D eigenvalue weighted by atomic mass is 16.5. The van der Waals surface area contributed by atoms with E-state index in [1.54, 1.807) is 30.3 Å². The summed E-state index contributed by atoms with van der Waals surface area (Å²) in [5, 5.41) is 34.4. The number of amides is 1. The number of ether oxygens (including phenoxy) is 1. The number of anilines is 1. The average Bonchev–Trinajstić information content (AvgIpc) is 2.58. The Morgan fingerprint density at radius 1 is 1.12 bits per heavy atom. The second kappa shape index (κ2) is 8.91. The maximum atomic E-state index is 10.9. The van der Waals surface area contributed by atoms with E-state index in [2.05, 4.69) is 10.6 Å². The van der Waals surface area contributed by atoms with Crippen molar-refractivity contribution in [2.24, 2.45) is 0 Å². The predicted molar refractivity (Wildman–Crippen MR) is 93.8 cm³/mol. The zero-order valence-corrected chi connectivity index (χ0v) is 13.9. The molecule has 2 aromatic carbocycles. The van der Waals surface area contributed by atoms with Crippen LogP contribution in [0.15, 0.2) is 42.5 Å². The van der Waals surface area contributed by atoms with Gasteiger partial charge in [-0.15, -0.1) is 0 Å². The van der Waals surface area contributed by atoms with Gasteiger partial charge in [0.2, 0.25) is 5.91 Å². The first-order chi connectivity index (χ1) is 12.0. The number of aliphatic hydroxyl groups is 1. The number of hydrogen-bond acceptors (Lipinski definition) is 6. The lowest BCUT2D eigenvalue weighted by Gasteiger charge is -2.13. The Bertz CT molecular complexity index is 703. The number of aliphatic hydroxyl groups excluding tert-OH is 1. The van der Waals surface area contributed by atoms with Gasteiger partial charge in [0.1, 0.15) is 12.4 Å². The molecule has 0 heterocycles. The van der Waals surface area contributed by atoms with E-state index in [1.165, 1.54) is 19.1 Å². The largest absolute Gasteiger partial charge is 0.504 e. The molecule has 1 atom stereocenters. The maximum absolute atomic E-state index is 10.9. The van der Waals surface area contributed by atoms with Gasteiger partial charge in [0.05, 0.1) is 6.10 Å². The second-order valence-electron chi connectivity index (χ2n) is 5.52. The average molecular weight is 346 g/mol. The van der Waals surface area contributed by atoms with Crippen molar-refractivity contribution in [2.45, 2.75) is 13.0 Å². The van der Waals surface area contributed by atoms with Crippen molar-refractivity contribution in [1.82, 2.24) is 5.32 Å². The molecule has 0 fully saturated rings. The van der Waals surface area contributed by atoms with E-state index in [-0.39, 0.29) is 24.0 Å². The first kappa shape index (κ1) is 18.6. The van der Waals surface area contributed by atoms with E-state index in [0.29, 0.717) is 30.2 Å². The highest BCUT2D eigenvalue weighted by Crippen LogP contribution is 2.27. The van der Waals surface area contributed by atoms with Gasteiger partial charge in [0.15, 0.2) is 11.5 Å². The van der Waals surface area contributed by atoms with E-state index in [9.17, 15) is 20.1 Å². The lowest BCUT2D eigenvalue weighted by molar-refractivity contribution is -0.114. The molecule has 0 saturated carbocycles. The molecule has 25 heavy (non-hydrogen) atoms. The lowest BCUT2D eigenvalue weighted by Crippen LogP contribution is -2.26. The first-order valence-corrected chi connectivity index (χ1v) is 7.87. The summed E-state index contributed by atoms with van der Waals surface area (Å²) in [6, 6.07) is 11.3. The third-order valence-corrected chi connectivity index (χ3v) is 3.44. The quantitative estimate of drug-likeness (QED) is 0.368. The summed E-state index contributed by atoms with van der Waals surface area (Å²) in [4.78, 5) is 10.9. The Labute approximate surface area is 145 Å². The van der Waals surface area contributed by atoms with Crippen molar-refractivity contribution in [2.75, 3.05) is 25.0 Å². The third kappa shape index (κ3) is 5.98. The Hall–Kier alpha value is -2.77. The van der Waals surface area contributed by atoms with Crippen molar-refractivity contribution in [1.29, 1.82) is 0 Å². The zero-order chi connectivity index (χ0) is 18.2. The second-order valence-corrected chi connectivity index (χ2v) is 5.52. The highest BCUT2D eigenvalue weighted by molar-refractivity contribution is 5.88. The van der Waals surface area contributed by atoms with Crippen LogP contribution in [0.1, 0.15) is 18.6 Å². The van der Waals surface area contributed by atoms with E-state index in [1.807, 2.05) is 0 Å². The molecular formula is C18H22N2O5. The van der Waals surface area contributed by atoms with Crippen molar-refractivity contribution in [3.8, 4) is 17.2 Å². The molecule has 0 aliphatic carbocycles. The van der Waals surface area contributed by atoms with Gasteiger partial charge in [-0.1, -0.05) is 6.07 Å². The summed E-state index contributed by atoms with van der Waals surface area (Å²) in [6.07, 6.45) is -0.802. The number of aromatic hydroxyl groups is 2. The maximum Gasteiger partial charge on any atom is 0.221 e. The van der Waals surface area contributed by atoms with Gasteiger partial charge in [-0.05, 0) is 42.0 Å². The molecule has 7 heteroatoms. The van der Waals surface area contributed by atoms with Crippen molar-refractivity contribution < 1.29 is 24.9 Å². The van der Waals surface area contributed by atoms with E-state index in [0.717, 1.165) is 0 Å². The molecule has 0 aromatic heterocycles. The van der Waals surface area contributed by atoms with Crippen LogP contribution in [0.25, 0.3) is 0 Å². The molecule has 7 nitrogen and oxygen atoms in total. The van der Waals surface area contributed by atoms with Crippen LogP contribution in [0.4, 0.5) is 5.69 Å². The summed E-state index contributed by atoms with van der Waals surface area (Å²) in [5.74, 6) is 0.0719. The number of nitrogens with one attached hydrogen (secondary N) is 2. The summed E-state index contributed by atoms with van der Waals surface area (Å²) >= 11 is 0. The smallest absolute Gasteiger partial charge is 0.221 e. The van der Waals surface area contributed by atoms with Gasteiger partial charge in [-0.3, -0.25) is 4.79 Å². The molecule has 0 saturated heterocycles. The number of phenols is 2. The Morgan fingerprint density at radius 2 is 1.84 bits per heavy atom. The predicted octanol–water partition coefficient (Wildman–Crippen LogP) is 1.76. The summed E-state index contributed by atoms with van der Waals surface area (Å²) in [7, 11) is 0. The number of carbonyl (C=O) groups excluding carboxylic acids is 1. The number of carbonyl (C=O) groups is 1. The number of rotatable bonds is 8. The number of hydrogen-bond donors (Lipinski definition) is 5. The molecule has 2 rings (SSSR count). The minimum Gasteiger partial charge on any atom is -0.504 e. The highest BCUT2D eigenvalue weighted by Gasteiger charge is 2.09.